The summed E-state index contributed by atoms with van der Waals surface area (Å²) < 4.78 is 57.9. The molecular weight excluding hydrogens is 562 g/mol. The molecule has 1 aromatic carbocycles. The van der Waals surface area contributed by atoms with Gasteiger partial charge in [-0.3, -0.25) is 9.48 Å². The van der Waals surface area contributed by atoms with Crippen LogP contribution >= 0.6 is 11.3 Å². The van der Waals surface area contributed by atoms with E-state index in [1.807, 2.05) is 18.7 Å². The summed E-state index contributed by atoms with van der Waals surface area (Å²) in [6.07, 6.45) is -0.365. The zero-order chi connectivity index (χ0) is 28.6. The van der Waals surface area contributed by atoms with E-state index in [2.05, 4.69) is 31.0 Å². The number of carbonyl (C=O) groups excluding carboxylic acids is 1. The lowest BCUT2D eigenvalue weighted by molar-refractivity contribution is -0.134. The van der Waals surface area contributed by atoms with Crippen LogP contribution in [-0.2, 0) is 21.9 Å². The van der Waals surface area contributed by atoms with Crippen molar-refractivity contribution in [3.8, 4) is 16.8 Å². The Bertz CT molecular complexity index is 1660. The number of hydrogen-bond acceptors (Lipinski definition) is 9. The monoisotopic (exact) mass is 590 g/mol. The number of nitrogens with one attached hydrogen (secondary N) is 1. The Morgan fingerprint density at radius 3 is 2.62 bits per heavy atom. The van der Waals surface area contributed by atoms with Crippen molar-refractivity contribution in [1.29, 1.82) is 5.26 Å². The highest BCUT2D eigenvalue weighted by Crippen LogP contribution is 2.45. The molecule has 3 aliphatic heterocycles. The van der Waals surface area contributed by atoms with Crippen molar-refractivity contribution in [2.75, 3.05) is 18.0 Å². The number of nitriles is 1. The molecule has 2 aromatic heterocycles. The minimum absolute atomic E-state index is 0.0245. The Balaban J connectivity index is 1.49. The van der Waals surface area contributed by atoms with Crippen LogP contribution in [0.15, 0.2) is 17.0 Å². The SMILES string of the molecule is CC(C)C(=O)N1CCC2CC(C1)N2c1cc(S(=O)(=O)NC2(C#N)CC2)cc2c(-c3nnc(C(F)F)s3)nn(C)c12. The number of fused-ring (bicyclic) bond motifs is 4. The number of rotatable bonds is 7. The maximum absolute atomic E-state index is 13.6. The average molecular weight is 591 g/mol. The Kier molecular flexibility index (Phi) is 6.35. The normalized spacial score (nSPS) is 21.9. The average Bonchev–Trinajstić information content (AvgIpc) is 3.48. The molecule has 40 heavy (non-hydrogen) atoms. The van der Waals surface area contributed by atoms with Gasteiger partial charge in [0.25, 0.3) is 6.43 Å². The number of halogens is 2. The molecule has 3 saturated heterocycles. The Morgan fingerprint density at radius 1 is 1.25 bits per heavy atom. The first kappa shape index (κ1) is 27.0. The van der Waals surface area contributed by atoms with Gasteiger partial charge in [0.2, 0.25) is 15.9 Å². The molecule has 4 fully saturated rings. The van der Waals surface area contributed by atoms with E-state index in [1.165, 1.54) is 6.07 Å². The summed E-state index contributed by atoms with van der Waals surface area (Å²) >= 11 is 0.706. The fourth-order valence-corrected chi connectivity index (χ4v) is 7.82. The van der Waals surface area contributed by atoms with Gasteiger partial charge in [0.1, 0.15) is 11.2 Å². The molecule has 2 unspecified atom stereocenters. The van der Waals surface area contributed by atoms with Gasteiger partial charge in [-0.15, -0.1) is 10.2 Å². The van der Waals surface area contributed by atoms with Gasteiger partial charge >= 0.3 is 0 Å². The summed E-state index contributed by atoms with van der Waals surface area (Å²) in [6, 6.07) is 5.16. The standard InChI is InChI=1S/C25H28F2N8O3S2/c1-13(2)24(36)34-7-4-14-8-15(11-34)35(14)18-10-16(40(37,38)32-25(12-28)5-6-25)9-17-19(31-33(3)20(17)18)22-29-30-23(39-22)21(26)27/h9-10,13-15,21,32H,4-8,11H2,1-3H3. The molecule has 0 radical (unpaired) electrons. The van der Waals surface area contributed by atoms with Gasteiger partial charge in [-0.05, 0) is 37.8 Å². The Labute approximate surface area is 233 Å². The molecule has 7 rings (SSSR count). The Morgan fingerprint density at radius 2 is 2.00 bits per heavy atom. The second kappa shape index (κ2) is 9.42. The summed E-state index contributed by atoms with van der Waals surface area (Å²) in [7, 11) is -2.41. The van der Waals surface area contributed by atoms with Gasteiger partial charge in [0.15, 0.2) is 10.0 Å². The van der Waals surface area contributed by atoms with Crippen LogP contribution in [-0.4, -0.2) is 69.9 Å². The number of aromatic nitrogens is 4. The number of aryl methyl sites for hydroxylation is 1. The van der Waals surface area contributed by atoms with E-state index in [0.29, 0.717) is 53.9 Å². The molecule has 2 atom stereocenters. The van der Waals surface area contributed by atoms with Crippen molar-refractivity contribution in [2.24, 2.45) is 13.0 Å². The van der Waals surface area contributed by atoms with Gasteiger partial charge in [0.05, 0.1) is 22.2 Å². The molecule has 4 aliphatic rings. The highest BCUT2D eigenvalue weighted by molar-refractivity contribution is 7.89. The number of amides is 1. The van der Waals surface area contributed by atoms with Crippen molar-refractivity contribution >= 4 is 43.9 Å². The number of benzene rings is 1. The third-order valence-corrected chi connectivity index (χ3v) is 10.4. The van der Waals surface area contributed by atoms with E-state index in [9.17, 15) is 27.3 Å². The largest absolute Gasteiger partial charge is 0.362 e. The zero-order valence-corrected chi connectivity index (χ0v) is 23.8. The van der Waals surface area contributed by atoms with Crippen LogP contribution in [0.4, 0.5) is 14.5 Å². The van der Waals surface area contributed by atoms with Crippen molar-refractivity contribution in [2.45, 2.75) is 68.5 Å². The van der Waals surface area contributed by atoms with Crippen molar-refractivity contribution in [1.82, 2.24) is 29.6 Å². The fourth-order valence-electron chi connectivity index (χ4n) is 5.70. The Hall–Kier alpha value is -3.22. The number of hydrogen-bond donors (Lipinski definition) is 1. The molecule has 1 amide bonds. The number of sulfonamides is 1. The van der Waals surface area contributed by atoms with Gasteiger partial charge < -0.3 is 9.80 Å². The zero-order valence-electron chi connectivity index (χ0n) is 22.1. The second-order valence-electron chi connectivity index (χ2n) is 11.0. The van der Waals surface area contributed by atoms with Crippen LogP contribution in [0.3, 0.4) is 0 Å². The van der Waals surface area contributed by atoms with Crippen LogP contribution in [0.5, 0.6) is 0 Å². The van der Waals surface area contributed by atoms with Crippen LogP contribution in [0.2, 0.25) is 0 Å². The van der Waals surface area contributed by atoms with Crippen molar-refractivity contribution in [3.63, 3.8) is 0 Å². The quantitative estimate of drug-likeness (QED) is 0.443. The highest BCUT2D eigenvalue weighted by Gasteiger charge is 2.48. The van der Waals surface area contributed by atoms with Gasteiger partial charge in [0, 0.05) is 43.5 Å². The number of anilines is 1. The van der Waals surface area contributed by atoms with Gasteiger partial charge in [-0.2, -0.15) is 15.1 Å². The first-order valence-electron chi connectivity index (χ1n) is 13.1. The van der Waals surface area contributed by atoms with Crippen molar-refractivity contribution in [3.05, 3.63) is 17.1 Å². The molecule has 11 nitrogen and oxygen atoms in total. The molecular formula is C25H28F2N8O3S2. The summed E-state index contributed by atoms with van der Waals surface area (Å²) in [6.45, 7) is 4.87. The minimum Gasteiger partial charge on any atom is -0.362 e. The molecule has 5 heterocycles. The van der Waals surface area contributed by atoms with E-state index >= 15 is 0 Å². The molecule has 3 aromatic rings. The summed E-state index contributed by atoms with van der Waals surface area (Å²) in [5.41, 5.74) is 0.378. The van der Waals surface area contributed by atoms with E-state index in [-0.39, 0.29) is 39.5 Å². The predicted molar refractivity (Wildman–Crippen MR) is 143 cm³/mol. The predicted octanol–water partition coefficient (Wildman–Crippen LogP) is 3.20. The minimum atomic E-state index is -4.12. The van der Waals surface area contributed by atoms with Crippen LogP contribution in [0.1, 0.15) is 51.0 Å². The fraction of sp³-hybridized carbons (Fsp3) is 0.560. The van der Waals surface area contributed by atoms with Crippen LogP contribution in [0, 0.1) is 17.2 Å². The molecule has 212 valence electrons. The van der Waals surface area contributed by atoms with Gasteiger partial charge in [-0.1, -0.05) is 25.2 Å². The number of carbonyl (C=O) groups is 1. The van der Waals surface area contributed by atoms with E-state index in [1.54, 1.807) is 17.8 Å². The molecule has 0 spiro atoms. The van der Waals surface area contributed by atoms with Crippen molar-refractivity contribution < 1.29 is 22.0 Å². The summed E-state index contributed by atoms with van der Waals surface area (Å²) in [5.74, 6) is -0.0483. The maximum Gasteiger partial charge on any atom is 0.291 e. The van der Waals surface area contributed by atoms with E-state index < -0.39 is 27.0 Å². The molecule has 1 N–H and O–H groups in total. The molecule has 1 aliphatic carbocycles. The molecule has 1 saturated carbocycles. The first-order chi connectivity index (χ1) is 18.9. The maximum atomic E-state index is 13.6. The van der Waals surface area contributed by atoms with Gasteiger partial charge in [-0.25, -0.2) is 17.2 Å². The lowest BCUT2D eigenvalue weighted by atomic mass is 9.90. The number of nitrogens with zero attached hydrogens (tertiary/aromatic N) is 7. The summed E-state index contributed by atoms with van der Waals surface area (Å²) in [4.78, 5) is 16.8. The van der Waals surface area contributed by atoms with Crippen LogP contribution in [0.25, 0.3) is 21.6 Å². The smallest absolute Gasteiger partial charge is 0.291 e. The molecule has 2 bridgehead atoms. The summed E-state index contributed by atoms with van der Waals surface area (Å²) in [5, 5.41) is 21.7. The first-order valence-corrected chi connectivity index (χ1v) is 15.4. The third-order valence-electron chi connectivity index (χ3n) is 7.90. The second-order valence-corrected chi connectivity index (χ2v) is 13.7. The topological polar surface area (TPSA) is 137 Å². The third kappa shape index (κ3) is 4.42. The van der Waals surface area contributed by atoms with E-state index in [4.69, 9.17) is 0 Å². The lowest BCUT2D eigenvalue weighted by Gasteiger charge is -2.49. The van der Waals surface area contributed by atoms with E-state index in [0.717, 1.165) is 12.8 Å². The molecule has 15 heteroatoms. The number of alkyl halides is 2. The lowest BCUT2D eigenvalue weighted by Crippen LogP contribution is -2.58. The van der Waals surface area contributed by atoms with Crippen LogP contribution < -0.4 is 9.62 Å². The highest BCUT2D eigenvalue weighted by atomic mass is 32.2.